The topological polar surface area (TPSA) is 79.3 Å². The van der Waals surface area contributed by atoms with Crippen molar-refractivity contribution in [2.75, 3.05) is 6.61 Å². The van der Waals surface area contributed by atoms with Gasteiger partial charge in [0.25, 0.3) is 0 Å². The first-order chi connectivity index (χ1) is 9.90. The largest absolute Gasteiger partial charge is 0.543 e. The van der Waals surface area contributed by atoms with Crippen LogP contribution in [0.5, 0.6) is 5.75 Å². The highest BCUT2D eigenvalue weighted by Gasteiger charge is 2.14. The van der Waals surface area contributed by atoms with E-state index in [2.05, 4.69) is 4.98 Å². The number of rotatable bonds is 5. The van der Waals surface area contributed by atoms with Gasteiger partial charge in [0.15, 0.2) is 11.6 Å². The zero-order chi connectivity index (χ0) is 15.6. The summed E-state index contributed by atoms with van der Waals surface area (Å²) in [6.07, 6.45) is 0. The molecule has 0 aliphatic carbocycles. The Hall–Kier alpha value is -2.21. The third kappa shape index (κ3) is 3.28. The van der Waals surface area contributed by atoms with E-state index < -0.39 is 5.97 Å². The predicted molar refractivity (Wildman–Crippen MR) is 76.9 cm³/mol. The summed E-state index contributed by atoms with van der Waals surface area (Å²) in [7, 11) is 0. The van der Waals surface area contributed by atoms with Crippen LogP contribution in [0.1, 0.15) is 37.0 Å². The van der Waals surface area contributed by atoms with E-state index in [9.17, 15) is 14.7 Å². The predicted octanol–water partition coefficient (Wildman–Crippen LogP) is 1.69. The first-order valence-corrected chi connectivity index (χ1v) is 7.17. The summed E-state index contributed by atoms with van der Waals surface area (Å²) < 4.78 is 5.59. The van der Waals surface area contributed by atoms with Gasteiger partial charge >= 0.3 is 0 Å². The van der Waals surface area contributed by atoms with Crippen LogP contribution in [0.2, 0.25) is 0 Å². The third-order valence-corrected chi connectivity index (χ3v) is 4.06. The number of carbonyl (C=O) groups excluding carboxylic acids is 2. The van der Waals surface area contributed by atoms with Gasteiger partial charge in [0.1, 0.15) is 5.75 Å². The van der Waals surface area contributed by atoms with Gasteiger partial charge in [-0.05, 0) is 37.5 Å². The molecule has 0 atom stereocenters. The van der Waals surface area contributed by atoms with Crippen molar-refractivity contribution in [1.29, 1.82) is 0 Å². The van der Waals surface area contributed by atoms with E-state index in [1.165, 1.54) is 5.38 Å². The summed E-state index contributed by atoms with van der Waals surface area (Å²) in [5, 5.41) is 12.0. The number of ether oxygens (including phenoxy) is 1. The summed E-state index contributed by atoms with van der Waals surface area (Å²) in [5.74, 6) is -1.07. The molecule has 5 nitrogen and oxygen atoms in total. The molecule has 0 aliphatic heterocycles. The molecule has 2 rings (SSSR count). The third-order valence-electron chi connectivity index (χ3n) is 3.17. The Labute approximate surface area is 126 Å². The Morgan fingerprint density at radius 2 is 1.90 bits per heavy atom. The number of ketones is 1. The van der Waals surface area contributed by atoms with Gasteiger partial charge in [0.05, 0.1) is 11.7 Å². The first kappa shape index (κ1) is 15.2. The van der Waals surface area contributed by atoms with Crippen molar-refractivity contribution in [1.82, 2.24) is 4.98 Å². The molecule has 0 radical (unpaired) electrons. The number of nitrogens with zero attached hydrogens (tertiary/aromatic N) is 1. The molecule has 0 saturated carbocycles. The molecule has 0 N–H and O–H groups in total. The van der Waals surface area contributed by atoms with Crippen LogP contribution in [0, 0.1) is 20.8 Å². The Morgan fingerprint density at radius 1 is 1.24 bits per heavy atom. The Kier molecular flexibility index (Phi) is 4.37. The quantitative estimate of drug-likeness (QED) is 0.785. The Morgan fingerprint density at radius 3 is 2.52 bits per heavy atom. The molecule has 0 bridgehead atoms. The number of aryl methyl sites for hydroxylation is 2. The monoisotopic (exact) mass is 304 g/mol. The smallest absolute Gasteiger partial charge is 0.228 e. The summed E-state index contributed by atoms with van der Waals surface area (Å²) in [6, 6.07) is 3.92. The normalized spacial score (nSPS) is 10.4. The minimum atomic E-state index is -1.39. The van der Waals surface area contributed by atoms with Crippen molar-refractivity contribution in [2.24, 2.45) is 0 Å². The van der Waals surface area contributed by atoms with Gasteiger partial charge in [-0.15, -0.1) is 11.3 Å². The van der Waals surface area contributed by atoms with Crippen molar-refractivity contribution >= 4 is 23.1 Å². The van der Waals surface area contributed by atoms with Crippen molar-refractivity contribution in [3.63, 3.8) is 0 Å². The molecule has 1 heterocycles. The Balaban J connectivity index is 2.11. The molecular formula is C15H14NO4S-. The summed E-state index contributed by atoms with van der Waals surface area (Å²) >= 11 is 0.971. The van der Waals surface area contributed by atoms with Gasteiger partial charge in [-0.3, -0.25) is 4.79 Å². The number of carbonyl (C=O) groups is 2. The maximum absolute atomic E-state index is 12.0. The van der Waals surface area contributed by atoms with Crippen LogP contribution >= 0.6 is 11.3 Å². The lowest BCUT2D eigenvalue weighted by molar-refractivity contribution is -0.255. The van der Waals surface area contributed by atoms with Crippen LogP contribution in [0.25, 0.3) is 0 Å². The lowest BCUT2D eigenvalue weighted by Gasteiger charge is -2.12. The molecule has 110 valence electrons. The maximum Gasteiger partial charge on any atom is 0.228 e. The number of aromatic carboxylic acids is 1. The van der Waals surface area contributed by atoms with Crippen molar-refractivity contribution in [2.45, 2.75) is 20.8 Å². The highest BCUT2D eigenvalue weighted by molar-refractivity contribution is 7.12. The van der Waals surface area contributed by atoms with Crippen LogP contribution in [-0.2, 0) is 0 Å². The minimum Gasteiger partial charge on any atom is -0.543 e. The molecule has 1 aromatic heterocycles. The second-order valence-corrected chi connectivity index (χ2v) is 5.55. The molecule has 0 aliphatic rings. The van der Waals surface area contributed by atoms with Crippen LogP contribution < -0.4 is 9.84 Å². The second kappa shape index (κ2) is 6.05. The maximum atomic E-state index is 12.0. The molecule has 0 spiro atoms. The number of hydrogen-bond donors (Lipinski definition) is 0. The number of carboxylic acid groups (broad SMARTS) is 1. The Bertz CT molecular complexity index is 706. The van der Waals surface area contributed by atoms with E-state index in [1.54, 1.807) is 0 Å². The highest BCUT2D eigenvalue weighted by atomic mass is 32.1. The molecular weight excluding hydrogens is 290 g/mol. The highest BCUT2D eigenvalue weighted by Crippen LogP contribution is 2.26. The summed E-state index contributed by atoms with van der Waals surface area (Å²) in [4.78, 5) is 26.3. The second-order valence-electron chi connectivity index (χ2n) is 4.69. The minimum absolute atomic E-state index is 0.108. The van der Waals surface area contributed by atoms with Gasteiger partial charge in [-0.1, -0.05) is 12.1 Å². The van der Waals surface area contributed by atoms with Crippen LogP contribution in [0.15, 0.2) is 17.5 Å². The van der Waals surface area contributed by atoms with Gasteiger partial charge in [-0.25, -0.2) is 4.98 Å². The van der Waals surface area contributed by atoms with E-state index in [4.69, 9.17) is 4.74 Å². The number of Topliss-reactive ketones (excluding diaryl/α,β-unsaturated/α-hetero) is 1. The lowest BCUT2D eigenvalue weighted by atomic mass is 10.1. The molecule has 6 heteroatoms. The molecule has 0 saturated heterocycles. The van der Waals surface area contributed by atoms with Gasteiger partial charge in [-0.2, -0.15) is 0 Å². The average molecular weight is 304 g/mol. The van der Waals surface area contributed by atoms with Gasteiger partial charge in [0.2, 0.25) is 5.78 Å². The van der Waals surface area contributed by atoms with E-state index in [0.717, 1.165) is 28.0 Å². The fourth-order valence-electron chi connectivity index (χ4n) is 1.84. The van der Waals surface area contributed by atoms with Gasteiger partial charge < -0.3 is 14.6 Å². The van der Waals surface area contributed by atoms with Crippen molar-refractivity contribution < 1.29 is 19.4 Å². The molecule has 0 fully saturated rings. The summed E-state index contributed by atoms with van der Waals surface area (Å²) in [6.45, 7) is 5.63. The van der Waals surface area contributed by atoms with E-state index in [1.807, 2.05) is 32.9 Å². The number of hydrogen-bond acceptors (Lipinski definition) is 6. The fraction of sp³-hybridized carbons (Fsp3) is 0.267. The molecule has 2 aromatic rings. The number of carboxylic acids is 1. The average Bonchev–Trinajstić information content (AvgIpc) is 2.93. The van der Waals surface area contributed by atoms with E-state index in [0.29, 0.717) is 5.75 Å². The van der Waals surface area contributed by atoms with Crippen molar-refractivity contribution in [3.05, 3.63) is 44.9 Å². The van der Waals surface area contributed by atoms with Crippen LogP contribution in [0.4, 0.5) is 0 Å². The fourth-order valence-corrected chi connectivity index (χ4v) is 2.56. The molecule has 0 amide bonds. The van der Waals surface area contributed by atoms with Gasteiger partial charge in [0, 0.05) is 5.38 Å². The van der Waals surface area contributed by atoms with E-state index >= 15 is 0 Å². The summed E-state index contributed by atoms with van der Waals surface area (Å²) in [5.41, 5.74) is 2.78. The zero-order valence-electron chi connectivity index (χ0n) is 11.9. The molecule has 0 unspecified atom stereocenters. The van der Waals surface area contributed by atoms with E-state index in [-0.39, 0.29) is 23.1 Å². The molecule has 1 aromatic carbocycles. The number of benzene rings is 1. The van der Waals surface area contributed by atoms with Crippen molar-refractivity contribution in [3.8, 4) is 5.75 Å². The first-order valence-electron chi connectivity index (χ1n) is 6.30. The number of aromatic nitrogens is 1. The standard InChI is InChI=1S/C15H15NO4S/c1-8-4-5-9(2)13(10(8)3)20-6-12(17)14-16-11(7-21-14)15(18)19/h4-5,7H,6H2,1-3H3,(H,18,19)/p-1. The van der Waals surface area contributed by atoms with Crippen LogP contribution in [0.3, 0.4) is 0 Å². The number of thiazole rings is 1. The SMILES string of the molecule is Cc1ccc(C)c(OCC(=O)c2nc(C(=O)[O-])cs2)c1C. The molecule has 21 heavy (non-hydrogen) atoms. The zero-order valence-corrected chi connectivity index (χ0v) is 12.7. The lowest BCUT2D eigenvalue weighted by Crippen LogP contribution is -2.23. The van der Waals surface area contributed by atoms with Crippen LogP contribution in [-0.4, -0.2) is 23.3 Å².